The lowest BCUT2D eigenvalue weighted by molar-refractivity contribution is 0.735. The topological polar surface area (TPSA) is 24.9 Å². The second-order valence-electron chi connectivity index (χ2n) is 4.43. The predicted octanol–water partition coefficient (Wildman–Crippen LogP) is 4.07. The van der Waals surface area contributed by atoms with Crippen molar-refractivity contribution in [3.8, 4) is 10.4 Å². The summed E-state index contributed by atoms with van der Waals surface area (Å²) in [6.45, 7) is 4.07. The maximum atomic E-state index is 4.52. The van der Waals surface area contributed by atoms with E-state index in [1.807, 2.05) is 23.6 Å². The molecule has 0 spiro atoms. The van der Waals surface area contributed by atoms with Gasteiger partial charge in [-0.15, -0.1) is 11.3 Å². The first-order valence-electron chi connectivity index (χ1n) is 6.52. The number of hydrogen-bond donors (Lipinski definition) is 1. The van der Waals surface area contributed by atoms with Crippen LogP contribution in [-0.2, 0) is 6.54 Å². The van der Waals surface area contributed by atoms with Crippen LogP contribution in [0.1, 0.15) is 11.8 Å². The number of aromatic nitrogens is 1. The van der Waals surface area contributed by atoms with Crippen LogP contribution in [0.4, 0.5) is 0 Å². The normalized spacial score (nSPS) is 11.0. The van der Waals surface area contributed by atoms with Gasteiger partial charge in [-0.2, -0.15) is 0 Å². The molecule has 0 aliphatic rings. The van der Waals surface area contributed by atoms with Gasteiger partial charge in [-0.25, -0.2) is 0 Å². The zero-order valence-corrected chi connectivity index (χ0v) is 11.7. The Labute approximate surface area is 117 Å². The third-order valence-corrected chi connectivity index (χ3v) is 4.23. The second-order valence-corrected chi connectivity index (χ2v) is 5.60. The predicted molar refractivity (Wildman–Crippen MR) is 82.4 cm³/mol. The first-order chi connectivity index (χ1) is 9.38. The highest BCUT2D eigenvalue weighted by atomic mass is 32.1. The van der Waals surface area contributed by atoms with Gasteiger partial charge in [0, 0.05) is 33.4 Å². The Hall–Kier alpha value is -1.71. The molecular weight excluding hydrogens is 252 g/mol. The highest BCUT2D eigenvalue weighted by molar-refractivity contribution is 7.15. The molecule has 0 bridgehead atoms. The van der Waals surface area contributed by atoms with Crippen molar-refractivity contribution in [2.45, 2.75) is 13.5 Å². The summed E-state index contributed by atoms with van der Waals surface area (Å²) in [7, 11) is 0. The third kappa shape index (κ3) is 2.53. The van der Waals surface area contributed by atoms with Crippen molar-refractivity contribution in [2.75, 3.05) is 6.54 Å². The molecule has 0 saturated carbocycles. The summed E-state index contributed by atoms with van der Waals surface area (Å²) in [6, 6.07) is 14.8. The van der Waals surface area contributed by atoms with Crippen molar-refractivity contribution in [1.82, 2.24) is 10.3 Å². The molecule has 0 atom stereocenters. The number of nitrogens with zero attached hydrogens (tertiary/aromatic N) is 1. The second kappa shape index (κ2) is 5.51. The van der Waals surface area contributed by atoms with Crippen LogP contribution in [0.5, 0.6) is 0 Å². The molecule has 0 fully saturated rings. The van der Waals surface area contributed by atoms with Crippen molar-refractivity contribution >= 4 is 22.2 Å². The maximum Gasteiger partial charge on any atom is 0.0788 e. The van der Waals surface area contributed by atoms with Gasteiger partial charge < -0.3 is 5.32 Å². The van der Waals surface area contributed by atoms with Crippen molar-refractivity contribution < 1.29 is 0 Å². The molecule has 0 unspecified atom stereocenters. The number of pyridine rings is 1. The van der Waals surface area contributed by atoms with Gasteiger partial charge in [-0.1, -0.05) is 31.2 Å². The summed E-state index contributed by atoms with van der Waals surface area (Å²) in [5.74, 6) is 0. The summed E-state index contributed by atoms with van der Waals surface area (Å²) in [4.78, 5) is 7.17. The molecule has 0 aliphatic carbocycles. The molecule has 3 heteroatoms. The first kappa shape index (κ1) is 12.3. The van der Waals surface area contributed by atoms with E-state index in [-0.39, 0.29) is 0 Å². The Morgan fingerprint density at radius 1 is 1.11 bits per heavy atom. The average molecular weight is 268 g/mol. The van der Waals surface area contributed by atoms with Crippen LogP contribution in [0.25, 0.3) is 21.3 Å². The van der Waals surface area contributed by atoms with Crippen LogP contribution in [-0.4, -0.2) is 11.5 Å². The van der Waals surface area contributed by atoms with E-state index in [1.54, 1.807) is 0 Å². The minimum Gasteiger partial charge on any atom is -0.312 e. The van der Waals surface area contributed by atoms with Gasteiger partial charge in [-0.05, 0) is 24.7 Å². The zero-order valence-electron chi connectivity index (χ0n) is 10.9. The monoisotopic (exact) mass is 268 g/mol. The summed E-state index contributed by atoms with van der Waals surface area (Å²) < 4.78 is 0. The largest absolute Gasteiger partial charge is 0.312 e. The quantitative estimate of drug-likeness (QED) is 0.771. The van der Waals surface area contributed by atoms with E-state index < -0.39 is 0 Å². The molecule has 1 aromatic carbocycles. The number of rotatable bonds is 4. The van der Waals surface area contributed by atoms with Crippen molar-refractivity contribution in [2.24, 2.45) is 0 Å². The number of para-hydroxylation sites is 1. The maximum absolute atomic E-state index is 4.52. The molecule has 0 saturated heterocycles. The molecule has 3 aromatic rings. The van der Waals surface area contributed by atoms with Crippen LogP contribution in [0.3, 0.4) is 0 Å². The first-order valence-corrected chi connectivity index (χ1v) is 7.33. The number of benzene rings is 1. The van der Waals surface area contributed by atoms with E-state index in [4.69, 9.17) is 0 Å². The molecule has 19 heavy (non-hydrogen) atoms. The number of hydrogen-bond acceptors (Lipinski definition) is 3. The summed E-state index contributed by atoms with van der Waals surface area (Å²) >= 11 is 1.84. The molecule has 2 heterocycles. The Bertz CT molecular complexity index is 683. The van der Waals surface area contributed by atoms with Crippen molar-refractivity contribution in [1.29, 1.82) is 0 Å². The minimum absolute atomic E-state index is 0.944. The van der Waals surface area contributed by atoms with Gasteiger partial charge in [0.1, 0.15) is 0 Å². The zero-order chi connectivity index (χ0) is 13.1. The van der Waals surface area contributed by atoms with E-state index >= 15 is 0 Å². The lowest BCUT2D eigenvalue weighted by atomic mass is 10.1. The molecule has 3 rings (SSSR count). The summed E-state index contributed by atoms with van der Waals surface area (Å²) in [6.07, 6.45) is 1.86. The lowest BCUT2D eigenvalue weighted by Crippen LogP contribution is -2.10. The molecule has 2 aromatic heterocycles. The molecule has 0 amide bonds. The summed E-state index contributed by atoms with van der Waals surface area (Å²) in [5.41, 5.74) is 2.31. The highest BCUT2D eigenvalue weighted by Gasteiger charge is 2.07. The Balaban J connectivity index is 2.02. The number of fused-ring (bicyclic) bond motifs is 1. The number of thiophene rings is 1. The third-order valence-electron chi connectivity index (χ3n) is 3.11. The molecule has 0 aliphatic heterocycles. The summed E-state index contributed by atoms with van der Waals surface area (Å²) in [5, 5.41) is 4.56. The molecule has 1 N–H and O–H groups in total. The van der Waals surface area contributed by atoms with Gasteiger partial charge in [0.15, 0.2) is 0 Å². The van der Waals surface area contributed by atoms with Crippen LogP contribution in [0.2, 0.25) is 0 Å². The van der Waals surface area contributed by atoms with Crippen LogP contribution in [0, 0.1) is 0 Å². The standard InChI is InChI=1S/C16H16N2S/c1-2-17-11-13-8-9-15(19-13)14-7-3-5-12-6-4-10-18-16(12)14/h3-10,17H,2,11H2,1H3. The van der Waals surface area contributed by atoms with E-state index in [0.29, 0.717) is 0 Å². The highest BCUT2D eigenvalue weighted by Crippen LogP contribution is 2.32. The van der Waals surface area contributed by atoms with Crippen LogP contribution >= 0.6 is 11.3 Å². The SMILES string of the molecule is CCNCc1ccc(-c2cccc3cccnc23)s1. The fourth-order valence-electron chi connectivity index (χ4n) is 2.17. The Morgan fingerprint density at radius 3 is 2.89 bits per heavy atom. The van der Waals surface area contributed by atoms with E-state index in [9.17, 15) is 0 Å². The molecule has 2 nitrogen and oxygen atoms in total. The van der Waals surface area contributed by atoms with Crippen molar-refractivity contribution in [3.05, 3.63) is 53.5 Å². The number of nitrogens with one attached hydrogen (secondary N) is 1. The van der Waals surface area contributed by atoms with E-state index in [1.165, 1.54) is 20.7 Å². The van der Waals surface area contributed by atoms with E-state index in [0.717, 1.165) is 18.6 Å². The minimum atomic E-state index is 0.944. The fraction of sp³-hybridized carbons (Fsp3) is 0.188. The van der Waals surface area contributed by atoms with Gasteiger partial charge >= 0.3 is 0 Å². The van der Waals surface area contributed by atoms with Gasteiger partial charge in [0.2, 0.25) is 0 Å². The van der Waals surface area contributed by atoms with Crippen LogP contribution < -0.4 is 5.32 Å². The van der Waals surface area contributed by atoms with Crippen molar-refractivity contribution in [3.63, 3.8) is 0 Å². The Kier molecular flexibility index (Phi) is 3.58. The molecular formula is C16H16N2S. The fourth-order valence-corrected chi connectivity index (χ4v) is 3.17. The van der Waals surface area contributed by atoms with E-state index in [2.05, 4.69) is 53.6 Å². The van der Waals surface area contributed by atoms with Gasteiger partial charge in [-0.3, -0.25) is 4.98 Å². The lowest BCUT2D eigenvalue weighted by Gasteiger charge is -2.03. The average Bonchev–Trinajstić information content (AvgIpc) is 2.93. The molecule has 96 valence electrons. The van der Waals surface area contributed by atoms with Crippen LogP contribution in [0.15, 0.2) is 48.7 Å². The molecule has 0 radical (unpaired) electrons. The smallest absolute Gasteiger partial charge is 0.0788 e. The Morgan fingerprint density at radius 2 is 2.00 bits per heavy atom. The van der Waals surface area contributed by atoms with Gasteiger partial charge in [0.05, 0.1) is 5.52 Å². The van der Waals surface area contributed by atoms with Gasteiger partial charge in [0.25, 0.3) is 0 Å².